The highest BCUT2D eigenvalue weighted by Gasteiger charge is 2.36. The maximum Gasteiger partial charge on any atom is 0.258 e. The summed E-state index contributed by atoms with van der Waals surface area (Å²) in [6.45, 7) is 1.44. The molecule has 0 bridgehead atoms. The molecular weight excluding hydrogens is 454 g/mol. The summed E-state index contributed by atoms with van der Waals surface area (Å²) >= 11 is 1.35. The van der Waals surface area contributed by atoms with Gasteiger partial charge in [0.2, 0.25) is 5.91 Å². The lowest BCUT2D eigenvalue weighted by atomic mass is 10.0. The number of phenols is 1. The number of aromatic nitrogens is 1. The molecule has 3 aromatic carbocycles. The maximum absolute atomic E-state index is 13.3. The van der Waals surface area contributed by atoms with Crippen molar-refractivity contribution in [2.45, 2.75) is 18.9 Å². The molecule has 1 unspecified atom stereocenters. The molecule has 2 amide bonds. The van der Waals surface area contributed by atoms with Crippen molar-refractivity contribution >= 4 is 49.3 Å². The smallest absolute Gasteiger partial charge is 0.258 e. The normalized spacial score (nSPS) is 17.3. The monoisotopic (exact) mass is 475 g/mol. The minimum absolute atomic E-state index is 0.0614. The lowest BCUT2D eigenvalue weighted by Gasteiger charge is -2.24. The minimum Gasteiger partial charge on any atom is -0.506 e. The summed E-state index contributed by atoms with van der Waals surface area (Å²) in [5, 5.41) is 15.5. The number of likely N-dealkylation sites (tertiary alicyclic amines) is 1. The Labute approximate surface area is 198 Å². The van der Waals surface area contributed by atoms with Crippen LogP contribution < -0.4 is 14.8 Å². The number of nitrogens with one attached hydrogen (secondary N) is 1. The van der Waals surface area contributed by atoms with E-state index in [0.29, 0.717) is 60.1 Å². The number of aromatic hydroxyl groups is 1. The van der Waals surface area contributed by atoms with Crippen LogP contribution in [0.1, 0.15) is 23.2 Å². The van der Waals surface area contributed by atoms with Gasteiger partial charge in [-0.25, -0.2) is 4.98 Å². The number of hydrogen-bond acceptors (Lipinski definition) is 7. The summed E-state index contributed by atoms with van der Waals surface area (Å²) in [7, 11) is 0. The zero-order chi connectivity index (χ0) is 23.2. The summed E-state index contributed by atoms with van der Waals surface area (Å²) in [4.78, 5) is 32.5. The highest BCUT2D eigenvalue weighted by Crippen LogP contribution is 2.38. The first-order valence-corrected chi connectivity index (χ1v) is 11.9. The maximum atomic E-state index is 13.3. The number of anilines is 1. The summed E-state index contributed by atoms with van der Waals surface area (Å²) in [5.74, 6) is 0.607. The van der Waals surface area contributed by atoms with Gasteiger partial charge >= 0.3 is 0 Å². The van der Waals surface area contributed by atoms with Crippen molar-refractivity contribution in [2.75, 3.05) is 25.1 Å². The third-order valence-corrected chi connectivity index (χ3v) is 7.16. The molecule has 1 aromatic heterocycles. The molecule has 6 rings (SSSR count). The fraction of sp³-hybridized carbons (Fsp3) is 0.240. The molecule has 0 aliphatic carbocycles. The van der Waals surface area contributed by atoms with Crippen LogP contribution in [-0.4, -0.2) is 52.6 Å². The van der Waals surface area contributed by atoms with Crippen LogP contribution in [0.15, 0.2) is 48.5 Å². The Bertz CT molecular complexity index is 1410. The molecule has 172 valence electrons. The van der Waals surface area contributed by atoms with Gasteiger partial charge in [0.25, 0.3) is 5.91 Å². The summed E-state index contributed by atoms with van der Waals surface area (Å²) in [5.41, 5.74) is 0.911. The van der Waals surface area contributed by atoms with Gasteiger partial charge in [0, 0.05) is 24.1 Å². The molecule has 34 heavy (non-hydrogen) atoms. The highest BCUT2D eigenvalue weighted by atomic mass is 32.1. The number of nitrogens with zero attached hydrogens (tertiary/aromatic N) is 2. The zero-order valence-corrected chi connectivity index (χ0v) is 18.9. The van der Waals surface area contributed by atoms with Gasteiger partial charge in [-0.05, 0) is 24.3 Å². The number of fused-ring (bicyclic) bond motifs is 3. The fourth-order valence-corrected chi connectivity index (χ4v) is 5.45. The predicted octanol–water partition coefficient (Wildman–Crippen LogP) is 4.17. The van der Waals surface area contributed by atoms with Crippen molar-refractivity contribution < 1.29 is 24.2 Å². The first-order valence-electron chi connectivity index (χ1n) is 11.1. The molecule has 2 aliphatic rings. The second-order valence-electron chi connectivity index (χ2n) is 8.31. The Hall–Kier alpha value is -3.85. The molecule has 1 fully saturated rings. The average molecular weight is 476 g/mol. The number of carbonyl (C=O) groups is 2. The number of thiazole rings is 1. The van der Waals surface area contributed by atoms with Gasteiger partial charge in [-0.2, -0.15) is 0 Å². The molecule has 8 nitrogen and oxygen atoms in total. The molecule has 2 N–H and O–H groups in total. The van der Waals surface area contributed by atoms with Crippen molar-refractivity contribution in [2.24, 2.45) is 0 Å². The molecule has 0 radical (unpaired) electrons. The van der Waals surface area contributed by atoms with E-state index in [-0.39, 0.29) is 23.1 Å². The molecule has 0 saturated carbocycles. The first kappa shape index (κ1) is 20.7. The third-order valence-electron chi connectivity index (χ3n) is 6.23. The van der Waals surface area contributed by atoms with Crippen LogP contribution in [0.25, 0.3) is 21.0 Å². The van der Waals surface area contributed by atoms with Crippen molar-refractivity contribution in [3.63, 3.8) is 0 Å². The van der Waals surface area contributed by atoms with E-state index in [9.17, 15) is 14.7 Å². The SMILES string of the molecule is O=C(Nc1nc2cc3c(cc2s1)OCCO3)C1CCCN1C(=O)c1ccc2ccccc2c1O. The Morgan fingerprint density at radius 1 is 1.09 bits per heavy atom. The predicted molar refractivity (Wildman–Crippen MR) is 129 cm³/mol. The molecule has 1 saturated heterocycles. The quantitative estimate of drug-likeness (QED) is 0.461. The first-order chi connectivity index (χ1) is 16.6. The van der Waals surface area contributed by atoms with E-state index in [1.54, 1.807) is 12.1 Å². The minimum atomic E-state index is -0.634. The zero-order valence-electron chi connectivity index (χ0n) is 18.1. The highest BCUT2D eigenvalue weighted by molar-refractivity contribution is 7.22. The lowest BCUT2D eigenvalue weighted by Crippen LogP contribution is -2.43. The Balaban J connectivity index is 1.24. The van der Waals surface area contributed by atoms with Crippen LogP contribution in [0.5, 0.6) is 17.2 Å². The molecule has 2 aliphatic heterocycles. The average Bonchev–Trinajstić information content (AvgIpc) is 3.49. The molecule has 4 aromatic rings. The number of rotatable bonds is 3. The standard InChI is InChI=1S/C25H21N3O5S/c29-22-15-5-2-1-4-14(15)7-8-16(22)24(31)28-9-3-6-18(28)23(30)27-25-26-17-12-19-20(13-21(17)34-25)33-11-10-32-19/h1-2,4-5,7-8,12-13,18,29H,3,6,9-11H2,(H,26,27,30). The van der Waals surface area contributed by atoms with Crippen molar-refractivity contribution in [3.05, 3.63) is 54.1 Å². The van der Waals surface area contributed by atoms with E-state index < -0.39 is 6.04 Å². The summed E-state index contributed by atoms with van der Waals surface area (Å²) in [6, 6.07) is 13.8. The van der Waals surface area contributed by atoms with Crippen LogP contribution in [0, 0.1) is 0 Å². The second-order valence-corrected chi connectivity index (χ2v) is 9.34. The van der Waals surface area contributed by atoms with E-state index in [1.807, 2.05) is 36.4 Å². The van der Waals surface area contributed by atoms with E-state index in [4.69, 9.17) is 9.47 Å². The van der Waals surface area contributed by atoms with Crippen molar-refractivity contribution in [3.8, 4) is 17.2 Å². The fourth-order valence-electron chi connectivity index (χ4n) is 4.57. The summed E-state index contributed by atoms with van der Waals surface area (Å²) < 4.78 is 12.1. The van der Waals surface area contributed by atoms with Crippen LogP contribution in [0.2, 0.25) is 0 Å². The molecule has 1 atom stereocenters. The van der Waals surface area contributed by atoms with Gasteiger partial charge in [0.05, 0.1) is 15.8 Å². The molecule has 0 spiro atoms. The number of carbonyl (C=O) groups excluding carboxylic acids is 2. The van der Waals surface area contributed by atoms with Gasteiger partial charge in [0.1, 0.15) is 25.0 Å². The number of amides is 2. The Kier molecular flexibility index (Phi) is 4.99. The largest absolute Gasteiger partial charge is 0.506 e. The third kappa shape index (κ3) is 3.49. The van der Waals surface area contributed by atoms with Crippen molar-refractivity contribution in [1.29, 1.82) is 0 Å². The number of benzene rings is 3. The molecule has 3 heterocycles. The van der Waals surface area contributed by atoms with E-state index in [2.05, 4.69) is 10.3 Å². The Morgan fingerprint density at radius 3 is 2.74 bits per heavy atom. The lowest BCUT2D eigenvalue weighted by molar-refractivity contribution is -0.119. The number of phenolic OH excluding ortho intramolecular Hbond substituents is 1. The summed E-state index contributed by atoms with van der Waals surface area (Å²) in [6.07, 6.45) is 1.26. The van der Waals surface area contributed by atoms with Gasteiger partial charge in [-0.15, -0.1) is 0 Å². The van der Waals surface area contributed by atoms with Gasteiger partial charge < -0.3 is 24.8 Å². The van der Waals surface area contributed by atoms with Crippen LogP contribution >= 0.6 is 11.3 Å². The van der Waals surface area contributed by atoms with E-state index in [0.717, 1.165) is 10.1 Å². The molecular formula is C25H21N3O5S. The Morgan fingerprint density at radius 2 is 1.88 bits per heavy atom. The van der Waals surface area contributed by atoms with E-state index >= 15 is 0 Å². The molecule has 9 heteroatoms. The van der Waals surface area contributed by atoms with Crippen LogP contribution in [0.4, 0.5) is 5.13 Å². The van der Waals surface area contributed by atoms with Gasteiger partial charge in [-0.1, -0.05) is 41.7 Å². The number of ether oxygens (including phenoxy) is 2. The van der Waals surface area contributed by atoms with Crippen molar-refractivity contribution in [1.82, 2.24) is 9.88 Å². The van der Waals surface area contributed by atoms with Gasteiger partial charge in [-0.3, -0.25) is 9.59 Å². The number of hydrogen-bond donors (Lipinski definition) is 2. The van der Waals surface area contributed by atoms with E-state index in [1.165, 1.54) is 16.2 Å². The van der Waals surface area contributed by atoms with Crippen LogP contribution in [0.3, 0.4) is 0 Å². The van der Waals surface area contributed by atoms with Gasteiger partial charge in [0.15, 0.2) is 16.6 Å². The topological polar surface area (TPSA) is 101 Å². The van der Waals surface area contributed by atoms with Crippen LogP contribution in [-0.2, 0) is 4.79 Å². The second kappa shape index (κ2) is 8.18.